The van der Waals surface area contributed by atoms with Gasteiger partial charge in [0, 0.05) is 11.2 Å². The molecule has 0 atom stereocenters. The highest BCUT2D eigenvalue weighted by Gasteiger charge is 2.23. The third-order valence-corrected chi connectivity index (χ3v) is 4.28. The maximum Gasteiger partial charge on any atom is 0.263 e. The Balaban J connectivity index is 2.01. The summed E-state index contributed by atoms with van der Waals surface area (Å²) < 4.78 is 19.0. The summed E-state index contributed by atoms with van der Waals surface area (Å²) in [7, 11) is 0. The molecule has 0 spiro atoms. The average molecular weight is 385 g/mol. The largest absolute Gasteiger partial charge is 0.493 e. The summed E-state index contributed by atoms with van der Waals surface area (Å²) in [5.41, 5.74) is 1.04. The molecule has 3 aromatic rings. The van der Waals surface area contributed by atoms with E-state index < -0.39 is 5.82 Å². The predicted octanol–water partition coefficient (Wildman–Crippen LogP) is 5.12. The third kappa shape index (κ3) is 4.44. The van der Waals surface area contributed by atoms with Gasteiger partial charge in [-0.1, -0.05) is 35.9 Å². The molecule has 2 aromatic carbocycles. The van der Waals surface area contributed by atoms with Crippen LogP contribution in [-0.4, -0.2) is 17.5 Å². The minimum absolute atomic E-state index is 0.148. The van der Waals surface area contributed by atoms with Crippen molar-refractivity contribution >= 4 is 23.3 Å². The van der Waals surface area contributed by atoms with Crippen molar-refractivity contribution < 1.29 is 13.9 Å². The summed E-state index contributed by atoms with van der Waals surface area (Å²) in [6.07, 6.45) is 1.61. The van der Waals surface area contributed by atoms with Crippen LogP contribution in [0.25, 0.3) is 0 Å². The van der Waals surface area contributed by atoms with E-state index in [9.17, 15) is 9.18 Å². The molecular formula is C21H18ClFN2O2. The lowest BCUT2D eigenvalue weighted by molar-refractivity contribution is 0.0980. The molecule has 0 fully saturated rings. The number of hydrogen-bond acceptors (Lipinski definition) is 3. The summed E-state index contributed by atoms with van der Waals surface area (Å²) in [5.74, 6) is 0.254. The molecule has 0 bridgehead atoms. The van der Waals surface area contributed by atoms with Gasteiger partial charge in [-0.15, -0.1) is 0 Å². The number of carbonyl (C=O) groups excluding carboxylic acids is 1. The van der Waals surface area contributed by atoms with Gasteiger partial charge in [0.15, 0.2) is 0 Å². The number of rotatable bonds is 6. The normalized spacial score (nSPS) is 10.5. The third-order valence-electron chi connectivity index (χ3n) is 3.93. The SMILES string of the molecule is CCOc1ccccc1C(=O)N(Cc1ccc(F)cc1Cl)c1ccccn1. The van der Waals surface area contributed by atoms with Crippen molar-refractivity contribution in [3.63, 3.8) is 0 Å². The van der Waals surface area contributed by atoms with Crippen molar-refractivity contribution in [2.24, 2.45) is 0 Å². The molecule has 1 amide bonds. The monoisotopic (exact) mass is 384 g/mol. The van der Waals surface area contributed by atoms with E-state index in [2.05, 4.69) is 4.98 Å². The fraction of sp³-hybridized carbons (Fsp3) is 0.143. The van der Waals surface area contributed by atoms with Crippen molar-refractivity contribution in [3.05, 3.63) is 88.8 Å². The second-order valence-corrected chi connectivity index (χ2v) is 6.15. The van der Waals surface area contributed by atoms with Gasteiger partial charge in [-0.25, -0.2) is 9.37 Å². The molecule has 0 N–H and O–H groups in total. The zero-order chi connectivity index (χ0) is 19.2. The van der Waals surface area contributed by atoms with Crippen LogP contribution < -0.4 is 9.64 Å². The topological polar surface area (TPSA) is 42.4 Å². The first-order valence-electron chi connectivity index (χ1n) is 8.48. The summed E-state index contributed by atoms with van der Waals surface area (Å²) in [4.78, 5) is 19.1. The van der Waals surface area contributed by atoms with Gasteiger partial charge < -0.3 is 4.74 Å². The zero-order valence-corrected chi connectivity index (χ0v) is 15.5. The van der Waals surface area contributed by atoms with Crippen molar-refractivity contribution in [2.75, 3.05) is 11.5 Å². The van der Waals surface area contributed by atoms with E-state index >= 15 is 0 Å². The zero-order valence-electron chi connectivity index (χ0n) is 14.7. The maximum absolute atomic E-state index is 13.4. The Morgan fingerprint density at radius 2 is 1.93 bits per heavy atom. The first-order chi connectivity index (χ1) is 13.1. The fourth-order valence-corrected chi connectivity index (χ4v) is 2.89. The highest BCUT2D eigenvalue weighted by Crippen LogP contribution is 2.26. The molecule has 1 aromatic heterocycles. The maximum atomic E-state index is 13.4. The van der Waals surface area contributed by atoms with Crippen molar-refractivity contribution in [1.29, 1.82) is 0 Å². The summed E-state index contributed by atoms with van der Waals surface area (Å²) in [6, 6.07) is 16.4. The molecule has 0 unspecified atom stereocenters. The summed E-state index contributed by atoms with van der Waals surface area (Å²) >= 11 is 6.17. The molecule has 0 aliphatic heterocycles. The molecule has 0 saturated heterocycles. The highest BCUT2D eigenvalue weighted by molar-refractivity contribution is 6.31. The van der Waals surface area contributed by atoms with Crippen LogP contribution in [0, 0.1) is 5.82 Å². The van der Waals surface area contributed by atoms with E-state index in [1.165, 1.54) is 17.0 Å². The van der Waals surface area contributed by atoms with Crippen LogP contribution in [0.4, 0.5) is 10.2 Å². The van der Waals surface area contributed by atoms with Gasteiger partial charge in [0.05, 0.1) is 18.7 Å². The molecular weight excluding hydrogens is 367 g/mol. The minimum atomic E-state index is -0.429. The number of nitrogens with zero attached hydrogens (tertiary/aromatic N) is 2. The van der Waals surface area contributed by atoms with Gasteiger partial charge in [0.2, 0.25) is 0 Å². The van der Waals surface area contributed by atoms with Gasteiger partial charge in [-0.3, -0.25) is 9.69 Å². The molecule has 4 nitrogen and oxygen atoms in total. The minimum Gasteiger partial charge on any atom is -0.493 e. The van der Waals surface area contributed by atoms with E-state index in [0.717, 1.165) is 0 Å². The Hall–Kier alpha value is -2.92. The van der Waals surface area contributed by atoms with E-state index in [1.54, 1.807) is 48.7 Å². The molecule has 0 radical (unpaired) electrons. The van der Waals surface area contributed by atoms with Gasteiger partial charge in [0.1, 0.15) is 17.4 Å². The number of pyridine rings is 1. The Morgan fingerprint density at radius 1 is 1.15 bits per heavy atom. The number of ether oxygens (including phenoxy) is 1. The van der Waals surface area contributed by atoms with Crippen molar-refractivity contribution in [2.45, 2.75) is 13.5 Å². The summed E-state index contributed by atoms with van der Waals surface area (Å²) in [5, 5.41) is 0.252. The number of para-hydroxylation sites is 1. The molecule has 6 heteroatoms. The lowest BCUT2D eigenvalue weighted by Crippen LogP contribution is -2.31. The number of aromatic nitrogens is 1. The number of anilines is 1. The molecule has 0 saturated carbocycles. The molecule has 1 heterocycles. The lowest BCUT2D eigenvalue weighted by Gasteiger charge is -2.23. The van der Waals surface area contributed by atoms with Crippen LogP contribution in [0.2, 0.25) is 5.02 Å². The molecule has 0 aliphatic carbocycles. The number of amides is 1. The van der Waals surface area contributed by atoms with E-state index in [0.29, 0.717) is 29.3 Å². The van der Waals surface area contributed by atoms with Crippen molar-refractivity contribution in [1.82, 2.24) is 4.98 Å². The van der Waals surface area contributed by atoms with Crippen molar-refractivity contribution in [3.8, 4) is 5.75 Å². The predicted molar refractivity (Wildman–Crippen MR) is 104 cm³/mol. The second-order valence-electron chi connectivity index (χ2n) is 5.74. The van der Waals surface area contributed by atoms with Crippen LogP contribution in [0.3, 0.4) is 0 Å². The van der Waals surface area contributed by atoms with Gasteiger partial charge in [0.25, 0.3) is 5.91 Å². The van der Waals surface area contributed by atoms with Gasteiger partial charge >= 0.3 is 0 Å². The fourth-order valence-electron chi connectivity index (χ4n) is 2.66. The Bertz CT molecular complexity index is 934. The van der Waals surface area contributed by atoms with E-state index in [1.807, 2.05) is 13.0 Å². The Morgan fingerprint density at radius 3 is 2.63 bits per heavy atom. The first kappa shape index (κ1) is 18.9. The molecule has 138 valence electrons. The molecule has 27 heavy (non-hydrogen) atoms. The molecule has 0 aliphatic rings. The second kappa shape index (κ2) is 8.64. The molecule has 3 rings (SSSR count). The Kier molecular flexibility index (Phi) is 6.04. The Labute approximate surface area is 162 Å². The van der Waals surface area contributed by atoms with Crippen LogP contribution in [0.15, 0.2) is 66.9 Å². The first-order valence-corrected chi connectivity index (χ1v) is 8.86. The average Bonchev–Trinajstić information content (AvgIpc) is 2.68. The van der Waals surface area contributed by atoms with Gasteiger partial charge in [-0.05, 0) is 48.9 Å². The quantitative estimate of drug-likeness (QED) is 0.592. The smallest absolute Gasteiger partial charge is 0.263 e. The van der Waals surface area contributed by atoms with Crippen LogP contribution >= 0.6 is 11.6 Å². The number of hydrogen-bond donors (Lipinski definition) is 0. The highest BCUT2D eigenvalue weighted by atomic mass is 35.5. The summed E-state index contributed by atoms with van der Waals surface area (Å²) in [6.45, 7) is 2.45. The van der Waals surface area contributed by atoms with Crippen LogP contribution in [-0.2, 0) is 6.54 Å². The number of benzene rings is 2. The lowest BCUT2D eigenvalue weighted by atomic mass is 10.1. The van der Waals surface area contributed by atoms with Crippen LogP contribution in [0.5, 0.6) is 5.75 Å². The standard InChI is InChI=1S/C21H18ClFN2O2/c1-2-27-19-8-4-3-7-17(19)21(26)25(20-9-5-6-12-24-20)14-15-10-11-16(23)13-18(15)22/h3-13H,2,14H2,1H3. The number of halogens is 2. The van der Waals surface area contributed by atoms with Crippen LogP contribution in [0.1, 0.15) is 22.8 Å². The van der Waals surface area contributed by atoms with Gasteiger partial charge in [-0.2, -0.15) is 0 Å². The van der Waals surface area contributed by atoms with E-state index in [-0.39, 0.29) is 17.5 Å². The number of carbonyl (C=O) groups is 1. The van der Waals surface area contributed by atoms with E-state index in [4.69, 9.17) is 16.3 Å².